The minimum absolute atomic E-state index is 0.277. The fourth-order valence-corrected chi connectivity index (χ4v) is 7.16. The maximum absolute atomic E-state index is 13.9. The quantitative estimate of drug-likeness (QED) is 0.435. The van der Waals surface area contributed by atoms with Gasteiger partial charge in [-0.3, -0.25) is 9.69 Å². The van der Waals surface area contributed by atoms with Crippen molar-refractivity contribution in [3.05, 3.63) is 40.6 Å². The molecule has 6 nitrogen and oxygen atoms in total. The summed E-state index contributed by atoms with van der Waals surface area (Å²) >= 11 is 6.57. The highest BCUT2D eigenvalue weighted by Crippen LogP contribution is 2.70. The molecule has 0 radical (unpaired) electrons. The van der Waals surface area contributed by atoms with Gasteiger partial charge in [0.05, 0.1) is 28.1 Å². The number of nitrogens with zero attached hydrogens (tertiary/aromatic N) is 1. The standard InChI is InChI=1S/C27H31ClF2N2O4/c1-24(18-5-6-21(20(28)9-18)36-8-7-16-3-2-4-16)19(17-10-27(29,30)11-17)12-32(23(35)31-24)26-13-25(14-26,15-26)22(33)34/h5-6,9,12,16-17H,2-4,7-8,10-11,13-15H2,1H3,(H,31,35)(H,33,34)/t24-,25?,26?/m0/s1. The minimum Gasteiger partial charge on any atom is -0.492 e. The van der Waals surface area contributed by atoms with Crippen molar-refractivity contribution >= 4 is 23.6 Å². The first-order valence-corrected chi connectivity index (χ1v) is 13.2. The molecule has 5 aliphatic carbocycles. The number of carboxylic acid groups (broad SMARTS) is 1. The van der Waals surface area contributed by atoms with E-state index in [1.165, 1.54) is 19.3 Å². The van der Waals surface area contributed by atoms with Crippen LogP contribution in [-0.2, 0) is 10.3 Å². The van der Waals surface area contributed by atoms with Crippen LogP contribution in [0.25, 0.3) is 0 Å². The van der Waals surface area contributed by atoms with E-state index in [2.05, 4.69) is 5.32 Å². The van der Waals surface area contributed by atoms with E-state index in [-0.39, 0.29) is 18.9 Å². The number of hydrogen-bond donors (Lipinski definition) is 2. The van der Waals surface area contributed by atoms with Crippen molar-refractivity contribution in [1.82, 2.24) is 10.2 Å². The Morgan fingerprint density at radius 2 is 1.94 bits per heavy atom. The van der Waals surface area contributed by atoms with Crippen LogP contribution in [0.1, 0.15) is 70.3 Å². The summed E-state index contributed by atoms with van der Waals surface area (Å²) in [6.07, 6.45) is 7.12. The van der Waals surface area contributed by atoms with E-state index >= 15 is 0 Å². The first-order chi connectivity index (χ1) is 17.0. The smallest absolute Gasteiger partial charge is 0.322 e. The van der Waals surface area contributed by atoms with E-state index in [1.54, 1.807) is 23.2 Å². The molecule has 1 aromatic carbocycles. The van der Waals surface area contributed by atoms with Gasteiger partial charge in [0.25, 0.3) is 0 Å². The predicted molar refractivity (Wildman–Crippen MR) is 129 cm³/mol. The van der Waals surface area contributed by atoms with E-state index in [4.69, 9.17) is 16.3 Å². The van der Waals surface area contributed by atoms with Gasteiger partial charge in [0.15, 0.2) is 0 Å². The van der Waals surface area contributed by atoms with E-state index in [9.17, 15) is 23.5 Å². The molecular formula is C27H31ClF2N2O4. The lowest BCUT2D eigenvalue weighted by atomic mass is 9.38. The number of amides is 2. The number of urea groups is 1. The zero-order chi connectivity index (χ0) is 25.5. The molecule has 2 bridgehead atoms. The number of alkyl halides is 2. The second-order valence-electron chi connectivity index (χ2n) is 11.9. The number of benzene rings is 1. The Balaban J connectivity index is 1.26. The molecule has 7 rings (SSSR count). The Labute approximate surface area is 214 Å². The first-order valence-electron chi connectivity index (χ1n) is 12.8. The highest BCUT2D eigenvalue weighted by Gasteiger charge is 2.75. The van der Waals surface area contributed by atoms with Gasteiger partial charge in [-0.1, -0.05) is 36.9 Å². The average Bonchev–Trinajstić information content (AvgIpc) is 2.68. The first kappa shape index (κ1) is 24.0. The van der Waals surface area contributed by atoms with E-state index in [0.717, 1.165) is 12.3 Å². The van der Waals surface area contributed by atoms with Gasteiger partial charge in [-0.25, -0.2) is 13.6 Å². The zero-order valence-corrected chi connectivity index (χ0v) is 21.0. The monoisotopic (exact) mass is 520 g/mol. The van der Waals surface area contributed by atoms with Crippen LogP contribution < -0.4 is 10.1 Å². The average molecular weight is 521 g/mol. The molecule has 1 aromatic rings. The maximum atomic E-state index is 13.9. The second-order valence-corrected chi connectivity index (χ2v) is 12.3. The van der Waals surface area contributed by atoms with Crippen LogP contribution in [0.2, 0.25) is 5.02 Å². The molecule has 0 aromatic heterocycles. The molecular weight excluding hydrogens is 490 g/mol. The molecule has 5 saturated carbocycles. The van der Waals surface area contributed by atoms with Crippen LogP contribution >= 0.6 is 11.6 Å². The maximum Gasteiger partial charge on any atom is 0.322 e. The SMILES string of the molecule is C[C@@]1(c2ccc(OCCC3CCC3)c(Cl)c2)NC(=O)N(C23CC(C(=O)O)(C2)C3)C=C1C1CC(F)(F)C1. The van der Waals surface area contributed by atoms with Gasteiger partial charge >= 0.3 is 12.0 Å². The second kappa shape index (κ2) is 7.83. The molecule has 1 atom stereocenters. The van der Waals surface area contributed by atoms with Gasteiger partial charge in [-0.15, -0.1) is 0 Å². The summed E-state index contributed by atoms with van der Waals surface area (Å²) in [6, 6.07) is 5.03. The molecule has 5 fully saturated rings. The number of aliphatic carboxylic acids is 1. The number of rotatable bonds is 8. The summed E-state index contributed by atoms with van der Waals surface area (Å²) in [7, 11) is 0. The molecule has 194 valence electrons. The third kappa shape index (κ3) is 3.54. The van der Waals surface area contributed by atoms with Crippen LogP contribution in [0.15, 0.2) is 30.0 Å². The number of hydrogen-bond acceptors (Lipinski definition) is 3. The fourth-order valence-electron chi connectivity index (χ4n) is 6.92. The number of nitrogens with one attached hydrogen (secondary N) is 1. The lowest BCUT2D eigenvalue weighted by Gasteiger charge is -2.71. The number of carbonyl (C=O) groups is 2. The molecule has 2 amide bonds. The highest BCUT2D eigenvalue weighted by molar-refractivity contribution is 6.32. The molecule has 0 spiro atoms. The van der Waals surface area contributed by atoms with Gasteiger partial charge < -0.3 is 15.2 Å². The van der Waals surface area contributed by atoms with E-state index < -0.39 is 34.3 Å². The van der Waals surface area contributed by atoms with Crippen LogP contribution in [0.4, 0.5) is 13.6 Å². The molecule has 9 heteroatoms. The van der Waals surface area contributed by atoms with Gasteiger partial charge in [0.1, 0.15) is 5.75 Å². The summed E-state index contributed by atoms with van der Waals surface area (Å²) in [5, 5.41) is 13.0. The van der Waals surface area contributed by atoms with Crippen molar-refractivity contribution in [1.29, 1.82) is 0 Å². The topological polar surface area (TPSA) is 78.9 Å². The van der Waals surface area contributed by atoms with Gasteiger partial charge in [0, 0.05) is 19.0 Å². The third-order valence-electron chi connectivity index (χ3n) is 9.44. The van der Waals surface area contributed by atoms with Gasteiger partial charge in [0.2, 0.25) is 5.92 Å². The summed E-state index contributed by atoms with van der Waals surface area (Å²) in [5.74, 6) is -2.66. The summed E-state index contributed by atoms with van der Waals surface area (Å²) in [4.78, 5) is 26.5. The Bertz CT molecular complexity index is 1140. The highest BCUT2D eigenvalue weighted by atomic mass is 35.5. The number of halogens is 3. The van der Waals surface area contributed by atoms with Crippen molar-refractivity contribution in [3.63, 3.8) is 0 Å². The Morgan fingerprint density at radius 3 is 2.50 bits per heavy atom. The molecule has 2 N–H and O–H groups in total. The van der Waals surface area contributed by atoms with E-state index in [1.807, 2.05) is 13.0 Å². The molecule has 0 saturated heterocycles. The molecule has 0 unspecified atom stereocenters. The van der Waals surface area contributed by atoms with Crippen LogP contribution in [0.3, 0.4) is 0 Å². The lowest BCUT2D eigenvalue weighted by molar-refractivity contribution is -0.215. The summed E-state index contributed by atoms with van der Waals surface area (Å²) < 4.78 is 33.7. The fraction of sp³-hybridized carbons (Fsp3) is 0.630. The minimum atomic E-state index is -2.72. The van der Waals surface area contributed by atoms with Crippen molar-refractivity contribution in [2.24, 2.45) is 17.3 Å². The van der Waals surface area contributed by atoms with Crippen molar-refractivity contribution in [2.75, 3.05) is 6.61 Å². The normalized spacial score (nSPS) is 34.9. The van der Waals surface area contributed by atoms with E-state index in [0.29, 0.717) is 47.8 Å². The van der Waals surface area contributed by atoms with Gasteiger partial charge in [-0.05, 0) is 67.7 Å². The molecule has 6 aliphatic rings. The van der Waals surface area contributed by atoms with Crippen molar-refractivity contribution in [2.45, 2.75) is 81.7 Å². The van der Waals surface area contributed by atoms with Crippen molar-refractivity contribution in [3.8, 4) is 5.75 Å². The largest absolute Gasteiger partial charge is 0.492 e. The Morgan fingerprint density at radius 1 is 1.25 bits per heavy atom. The number of ether oxygens (including phenoxy) is 1. The van der Waals surface area contributed by atoms with Crippen molar-refractivity contribution < 1.29 is 28.2 Å². The number of carbonyl (C=O) groups excluding carboxylic acids is 1. The van der Waals surface area contributed by atoms with Crippen LogP contribution in [0, 0.1) is 17.3 Å². The molecule has 1 aliphatic heterocycles. The number of carboxylic acids is 1. The molecule has 36 heavy (non-hydrogen) atoms. The Hall–Kier alpha value is -2.35. The summed E-state index contributed by atoms with van der Waals surface area (Å²) in [6.45, 7) is 2.42. The summed E-state index contributed by atoms with van der Waals surface area (Å²) in [5.41, 5.74) is -0.904. The Kier molecular flexibility index (Phi) is 5.22. The molecule has 1 heterocycles. The van der Waals surface area contributed by atoms with Gasteiger partial charge in [-0.2, -0.15) is 0 Å². The van der Waals surface area contributed by atoms with Crippen LogP contribution in [0.5, 0.6) is 5.75 Å². The zero-order valence-electron chi connectivity index (χ0n) is 20.3. The third-order valence-corrected chi connectivity index (χ3v) is 9.73. The predicted octanol–water partition coefficient (Wildman–Crippen LogP) is 6.09. The van der Waals surface area contributed by atoms with Crippen LogP contribution in [-0.4, -0.2) is 40.1 Å². The lowest BCUT2D eigenvalue weighted by Crippen LogP contribution is -2.78.